The van der Waals surface area contributed by atoms with Crippen molar-refractivity contribution < 1.29 is 4.74 Å². The summed E-state index contributed by atoms with van der Waals surface area (Å²) in [6.45, 7) is 4.47. The lowest BCUT2D eigenvalue weighted by atomic mass is 10.2. The molecule has 2 N–H and O–H groups in total. The maximum atomic E-state index is 5.59. The molecule has 102 valence electrons. The lowest BCUT2D eigenvalue weighted by molar-refractivity contribution is 0.335. The van der Waals surface area contributed by atoms with Crippen molar-refractivity contribution in [1.82, 2.24) is 20.5 Å². The molecule has 1 aromatic heterocycles. The molecule has 0 radical (unpaired) electrons. The van der Waals surface area contributed by atoms with Crippen LogP contribution in [0.5, 0.6) is 5.75 Å². The summed E-state index contributed by atoms with van der Waals surface area (Å²) in [6.07, 6.45) is 3.49. The molecular weight excluding hydrogens is 240 g/mol. The third kappa shape index (κ3) is 4.37. The van der Waals surface area contributed by atoms with Crippen LogP contribution in [0.1, 0.15) is 24.7 Å². The first kappa shape index (κ1) is 13.5. The average Bonchev–Trinajstić information content (AvgIpc) is 2.94. The summed E-state index contributed by atoms with van der Waals surface area (Å²) < 4.78 is 5.59. The van der Waals surface area contributed by atoms with Crippen LogP contribution >= 0.6 is 0 Å². The van der Waals surface area contributed by atoms with Crippen molar-refractivity contribution in [3.05, 3.63) is 42.0 Å². The second-order valence-corrected chi connectivity index (χ2v) is 4.25. The first-order chi connectivity index (χ1) is 9.40. The van der Waals surface area contributed by atoms with Gasteiger partial charge in [-0.1, -0.05) is 18.2 Å². The number of nitrogens with zero attached hydrogens (tertiary/aromatic N) is 2. The molecule has 0 saturated heterocycles. The Morgan fingerprint density at radius 3 is 3.00 bits per heavy atom. The summed E-state index contributed by atoms with van der Waals surface area (Å²) in [5.41, 5.74) is 1.20. The fraction of sp³-hybridized carbons (Fsp3) is 0.429. The Hall–Kier alpha value is -1.88. The van der Waals surface area contributed by atoms with Crippen molar-refractivity contribution in [2.75, 3.05) is 13.2 Å². The Morgan fingerprint density at radius 2 is 2.21 bits per heavy atom. The zero-order valence-electron chi connectivity index (χ0n) is 11.2. The second-order valence-electron chi connectivity index (χ2n) is 4.25. The summed E-state index contributed by atoms with van der Waals surface area (Å²) >= 11 is 0. The van der Waals surface area contributed by atoms with Gasteiger partial charge in [-0.05, 0) is 26.0 Å². The summed E-state index contributed by atoms with van der Waals surface area (Å²) in [5.74, 6) is 1.91. The minimum atomic E-state index is 0.697. The quantitative estimate of drug-likeness (QED) is 0.712. The highest BCUT2D eigenvalue weighted by atomic mass is 16.5. The number of nitrogens with one attached hydrogen (secondary N) is 2. The molecule has 1 aromatic carbocycles. The minimum absolute atomic E-state index is 0.697. The van der Waals surface area contributed by atoms with Crippen LogP contribution in [0.3, 0.4) is 0 Å². The van der Waals surface area contributed by atoms with Crippen LogP contribution in [0.25, 0.3) is 0 Å². The Bertz CT molecular complexity index is 470. The summed E-state index contributed by atoms with van der Waals surface area (Å²) in [4.78, 5) is 4.10. The van der Waals surface area contributed by atoms with E-state index < -0.39 is 0 Å². The zero-order valence-corrected chi connectivity index (χ0v) is 11.2. The van der Waals surface area contributed by atoms with Crippen molar-refractivity contribution in [2.45, 2.75) is 26.3 Å². The maximum Gasteiger partial charge on any atom is 0.137 e. The van der Waals surface area contributed by atoms with Gasteiger partial charge in [0.2, 0.25) is 0 Å². The van der Waals surface area contributed by atoms with E-state index >= 15 is 0 Å². The lowest BCUT2D eigenvalue weighted by Crippen LogP contribution is -2.16. The van der Waals surface area contributed by atoms with Gasteiger partial charge in [0.1, 0.15) is 17.9 Å². The van der Waals surface area contributed by atoms with Gasteiger partial charge >= 0.3 is 0 Å². The van der Waals surface area contributed by atoms with Gasteiger partial charge in [-0.3, -0.25) is 5.10 Å². The molecule has 0 bridgehead atoms. The average molecular weight is 260 g/mol. The number of aromatic nitrogens is 3. The molecule has 0 saturated carbocycles. The van der Waals surface area contributed by atoms with E-state index in [1.165, 1.54) is 5.56 Å². The molecule has 5 nitrogen and oxygen atoms in total. The van der Waals surface area contributed by atoms with Gasteiger partial charge in [-0.25, -0.2) is 4.98 Å². The summed E-state index contributed by atoms with van der Waals surface area (Å²) in [5, 5.41) is 10.1. The molecule has 0 spiro atoms. The molecule has 0 aliphatic rings. The largest absolute Gasteiger partial charge is 0.494 e. The third-order valence-electron chi connectivity index (χ3n) is 2.82. The number of ether oxygens (including phenoxy) is 1. The van der Waals surface area contributed by atoms with Gasteiger partial charge in [-0.2, -0.15) is 5.10 Å². The van der Waals surface area contributed by atoms with Crippen LogP contribution in [0.4, 0.5) is 0 Å². The number of hydrogen-bond acceptors (Lipinski definition) is 4. The van der Waals surface area contributed by atoms with Crippen LogP contribution in [0, 0.1) is 0 Å². The highest BCUT2D eigenvalue weighted by molar-refractivity contribution is 5.33. The van der Waals surface area contributed by atoms with Crippen LogP contribution in [0.2, 0.25) is 0 Å². The summed E-state index contributed by atoms with van der Waals surface area (Å²) in [7, 11) is 0. The van der Waals surface area contributed by atoms with E-state index in [1.807, 2.05) is 25.1 Å². The smallest absolute Gasteiger partial charge is 0.137 e. The second kappa shape index (κ2) is 7.53. The van der Waals surface area contributed by atoms with E-state index in [0.717, 1.165) is 37.5 Å². The van der Waals surface area contributed by atoms with E-state index in [2.05, 4.69) is 26.6 Å². The van der Waals surface area contributed by atoms with Gasteiger partial charge in [0.05, 0.1) is 6.61 Å². The Kier molecular flexibility index (Phi) is 5.37. The van der Waals surface area contributed by atoms with Gasteiger partial charge in [-0.15, -0.1) is 0 Å². The first-order valence-corrected chi connectivity index (χ1v) is 6.66. The van der Waals surface area contributed by atoms with E-state index in [4.69, 9.17) is 4.74 Å². The number of benzene rings is 1. The summed E-state index contributed by atoms with van der Waals surface area (Å²) in [6, 6.07) is 8.13. The van der Waals surface area contributed by atoms with Crippen molar-refractivity contribution >= 4 is 0 Å². The van der Waals surface area contributed by atoms with Gasteiger partial charge in [0, 0.05) is 18.5 Å². The molecule has 0 aliphatic carbocycles. The third-order valence-corrected chi connectivity index (χ3v) is 2.82. The zero-order chi connectivity index (χ0) is 13.3. The molecular formula is C14H20N4O. The maximum absolute atomic E-state index is 5.59. The highest BCUT2D eigenvalue weighted by Gasteiger charge is 2.01. The lowest BCUT2D eigenvalue weighted by Gasteiger charge is -2.10. The van der Waals surface area contributed by atoms with E-state index in [-0.39, 0.29) is 0 Å². The van der Waals surface area contributed by atoms with Crippen LogP contribution in [0.15, 0.2) is 30.6 Å². The van der Waals surface area contributed by atoms with Crippen molar-refractivity contribution in [3.63, 3.8) is 0 Å². The number of aryl methyl sites for hydroxylation is 1. The fourth-order valence-electron chi connectivity index (χ4n) is 1.90. The number of H-pyrrole nitrogens is 1. The first-order valence-electron chi connectivity index (χ1n) is 6.66. The molecule has 5 heteroatoms. The minimum Gasteiger partial charge on any atom is -0.494 e. The SMILES string of the molecule is CCOc1ccccc1CNCCCc1ncn[nH]1. The standard InChI is InChI=1S/C14H20N4O/c1-2-19-13-7-4-3-6-12(13)10-15-9-5-8-14-16-11-17-18-14/h3-4,6-7,11,15H,2,5,8-10H2,1H3,(H,16,17,18). The molecule has 0 aliphatic heterocycles. The molecule has 2 rings (SSSR count). The molecule has 1 heterocycles. The van der Waals surface area contributed by atoms with Crippen molar-refractivity contribution in [2.24, 2.45) is 0 Å². The topological polar surface area (TPSA) is 62.8 Å². The monoisotopic (exact) mass is 260 g/mol. The molecule has 19 heavy (non-hydrogen) atoms. The number of para-hydroxylation sites is 1. The molecule has 0 unspecified atom stereocenters. The number of hydrogen-bond donors (Lipinski definition) is 2. The van der Waals surface area contributed by atoms with Crippen LogP contribution in [-0.4, -0.2) is 28.3 Å². The Labute approximate surface area is 113 Å². The van der Waals surface area contributed by atoms with E-state index in [9.17, 15) is 0 Å². The normalized spacial score (nSPS) is 10.6. The van der Waals surface area contributed by atoms with E-state index in [1.54, 1.807) is 6.33 Å². The Balaban J connectivity index is 1.70. The van der Waals surface area contributed by atoms with Crippen LogP contribution in [-0.2, 0) is 13.0 Å². The number of aromatic amines is 1. The van der Waals surface area contributed by atoms with Gasteiger partial charge in [0.15, 0.2) is 0 Å². The highest BCUT2D eigenvalue weighted by Crippen LogP contribution is 2.17. The molecule has 0 fully saturated rings. The molecule has 0 atom stereocenters. The van der Waals surface area contributed by atoms with Gasteiger partial charge < -0.3 is 10.1 Å². The van der Waals surface area contributed by atoms with Crippen molar-refractivity contribution in [1.29, 1.82) is 0 Å². The predicted molar refractivity (Wildman–Crippen MR) is 74.0 cm³/mol. The fourth-order valence-corrected chi connectivity index (χ4v) is 1.90. The molecule has 2 aromatic rings. The Morgan fingerprint density at radius 1 is 1.32 bits per heavy atom. The predicted octanol–water partition coefficient (Wildman–Crippen LogP) is 1.93. The van der Waals surface area contributed by atoms with E-state index in [0.29, 0.717) is 6.61 Å². The van der Waals surface area contributed by atoms with Crippen molar-refractivity contribution in [3.8, 4) is 5.75 Å². The van der Waals surface area contributed by atoms with Crippen LogP contribution < -0.4 is 10.1 Å². The number of rotatable bonds is 8. The van der Waals surface area contributed by atoms with Gasteiger partial charge in [0.25, 0.3) is 0 Å². The molecule has 0 amide bonds.